The van der Waals surface area contributed by atoms with Gasteiger partial charge in [-0.05, 0) is 32.0 Å². The number of nitrogens with one attached hydrogen (secondary N) is 1. The maximum absolute atomic E-state index is 12.3. The lowest BCUT2D eigenvalue weighted by Gasteiger charge is -2.10. The van der Waals surface area contributed by atoms with Crippen molar-refractivity contribution < 1.29 is 9.53 Å². The summed E-state index contributed by atoms with van der Waals surface area (Å²) in [4.78, 5) is 12.3. The van der Waals surface area contributed by atoms with E-state index < -0.39 is 0 Å². The number of hydrogen-bond donors (Lipinski definition) is 1. The van der Waals surface area contributed by atoms with Gasteiger partial charge >= 0.3 is 0 Å². The fraction of sp³-hybridized carbons (Fsp3) is 0.312. The Balaban J connectivity index is 2.11. The summed E-state index contributed by atoms with van der Waals surface area (Å²) >= 11 is 0. The molecule has 1 heterocycles. The van der Waals surface area contributed by atoms with Crippen LogP contribution in [0.3, 0.4) is 0 Å². The number of ketones is 1. The summed E-state index contributed by atoms with van der Waals surface area (Å²) in [6.45, 7) is 4.21. The van der Waals surface area contributed by atoms with Crippen LogP contribution in [0.15, 0.2) is 30.3 Å². The second-order valence-corrected chi connectivity index (χ2v) is 4.82. The van der Waals surface area contributed by atoms with E-state index in [-0.39, 0.29) is 12.3 Å². The highest BCUT2D eigenvalue weighted by Crippen LogP contribution is 2.23. The van der Waals surface area contributed by atoms with Gasteiger partial charge in [-0.25, -0.2) is 0 Å². The van der Waals surface area contributed by atoms with Crippen molar-refractivity contribution in [1.29, 1.82) is 0 Å². The molecule has 2 rings (SSSR count). The van der Waals surface area contributed by atoms with Crippen LogP contribution in [0.4, 0.5) is 5.69 Å². The van der Waals surface area contributed by atoms with Gasteiger partial charge in [0.2, 0.25) is 0 Å². The zero-order chi connectivity index (χ0) is 14.7. The third kappa shape index (κ3) is 2.69. The zero-order valence-electron chi connectivity index (χ0n) is 12.4. The summed E-state index contributed by atoms with van der Waals surface area (Å²) in [6.07, 6.45) is 0. The minimum atomic E-state index is 0.0807. The Morgan fingerprint density at radius 2 is 2.00 bits per heavy atom. The maximum atomic E-state index is 12.3. The third-order valence-electron chi connectivity index (χ3n) is 3.62. The third-order valence-corrected chi connectivity index (χ3v) is 3.62. The molecule has 106 valence electrons. The van der Waals surface area contributed by atoms with E-state index >= 15 is 0 Å². The number of anilines is 1. The summed E-state index contributed by atoms with van der Waals surface area (Å²) in [7, 11) is 3.59. The molecule has 1 aromatic carbocycles. The van der Waals surface area contributed by atoms with Crippen LogP contribution in [0, 0.1) is 13.8 Å². The van der Waals surface area contributed by atoms with Gasteiger partial charge in [0.1, 0.15) is 5.75 Å². The van der Waals surface area contributed by atoms with Crippen molar-refractivity contribution >= 4 is 11.5 Å². The van der Waals surface area contributed by atoms with Gasteiger partial charge in [-0.2, -0.15) is 0 Å². The smallest absolute Gasteiger partial charge is 0.183 e. The van der Waals surface area contributed by atoms with Crippen molar-refractivity contribution in [2.24, 2.45) is 7.05 Å². The Bertz CT molecular complexity index is 629. The summed E-state index contributed by atoms with van der Waals surface area (Å²) in [5, 5.41) is 3.13. The molecular weight excluding hydrogens is 252 g/mol. The first-order valence-electron chi connectivity index (χ1n) is 6.57. The number of nitrogens with zero attached hydrogens (tertiary/aromatic N) is 1. The molecule has 20 heavy (non-hydrogen) atoms. The largest absolute Gasteiger partial charge is 0.495 e. The number of aryl methyl sites for hydroxylation is 1. The number of aromatic nitrogens is 1. The Hall–Kier alpha value is -2.23. The molecule has 1 aromatic heterocycles. The second-order valence-electron chi connectivity index (χ2n) is 4.82. The number of hydrogen-bond acceptors (Lipinski definition) is 3. The summed E-state index contributed by atoms with van der Waals surface area (Å²) in [5.74, 6) is 0.818. The first-order valence-corrected chi connectivity index (χ1v) is 6.57. The highest BCUT2D eigenvalue weighted by molar-refractivity contribution is 6.00. The minimum absolute atomic E-state index is 0.0807. The fourth-order valence-corrected chi connectivity index (χ4v) is 2.20. The standard InChI is InChI=1S/C16H20N2O2/c1-11-9-13(12(2)18(11)3)15(19)10-17-14-7-5-6-8-16(14)20-4/h5-9,17H,10H2,1-4H3. The highest BCUT2D eigenvalue weighted by atomic mass is 16.5. The van der Waals surface area contributed by atoms with Gasteiger partial charge in [-0.3, -0.25) is 4.79 Å². The Morgan fingerprint density at radius 1 is 1.30 bits per heavy atom. The van der Waals surface area contributed by atoms with Crippen LogP contribution in [-0.4, -0.2) is 24.0 Å². The number of para-hydroxylation sites is 2. The van der Waals surface area contributed by atoms with E-state index in [4.69, 9.17) is 4.74 Å². The predicted octanol–water partition coefficient (Wildman–Crippen LogP) is 2.95. The first-order chi connectivity index (χ1) is 9.54. The molecule has 0 spiro atoms. The van der Waals surface area contributed by atoms with Crippen molar-refractivity contribution in [3.63, 3.8) is 0 Å². The van der Waals surface area contributed by atoms with E-state index in [0.717, 1.165) is 28.4 Å². The van der Waals surface area contributed by atoms with Crippen LogP contribution in [-0.2, 0) is 7.05 Å². The molecule has 0 fully saturated rings. The molecule has 0 atom stereocenters. The maximum Gasteiger partial charge on any atom is 0.183 e. The molecule has 0 aliphatic rings. The Labute approximate surface area is 119 Å². The van der Waals surface area contributed by atoms with Gasteiger partial charge in [0.05, 0.1) is 19.3 Å². The minimum Gasteiger partial charge on any atom is -0.495 e. The predicted molar refractivity (Wildman–Crippen MR) is 80.7 cm³/mol. The summed E-state index contributed by atoms with van der Waals surface area (Å²) in [6, 6.07) is 9.51. The van der Waals surface area contributed by atoms with E-state index in [1.807, 2.05) is 55.8 Å². The molecule has 2 aromatic rings. The molecule has 0 aliphatic heterocycles. The van der Waals surface area contributed by atoms with Crippen molar-refractivity contribution in [3.8, 4) is 5.75 Å². The average Bonchev–Trinajstić information content (AvgIpc) is 2.72. The molecule has 1 N–H and O–H groups in total. The van der Waals surface area contributed by atoms with Crippen LogP contribution < -0.4 is 10.1 Å². The van der Waals surface area contributed by atoms with Crippen LogP contribution >= 0.6 is 0 Å². The number of methoxy groups -OCH3 is 1. The van der Waals surface area contributed by atoms with Crippen LogP contribution in [0.25, 0.3) is 0 Å². The van der Waals surface area contributed by atoms with Gasteiger partial charge in [-0.1, -0.05) is 12.1 Å². The lowest BCUT2D eigenvalue weighted by Crippen LogP contribution is -2.15. The molecule has 0 bridgehead atoms. The van der Waals surface area contributed by atoms with E-state index in [0.29, 0.717) is 0 Å². The quantitative estimate of drug-likeness (QED) is 0.851. The van der Waals surface area contributed by atoms with Crippen LogP contribution in [0.5, 0.6) is 5.75 Å². The molecule has 0 unspecified atom stereocenters. The fourth-order valence-electron chi connectivity index (χ4n) is 2.20. The second kappa shape index (κ2) is 5.82. The van der Waals surface area contributed by atoms with Crippen molar-refractivity contribution in [2.75, 3.05) is 19.0 Å². The topological polar surface area (TPSA) is 43.3 Å². The molecular formula is C16H20N2O2. The Morgan fingerprint density at radius 3 is 2.60 bits per heavy atom. The number of ether oxygens (including phenoxy) is 1. The molecule has 0 amide bonds. The summed E-state index contributed by atoms with van der Waals surface area (Å²) < 4.78 is 7.28. The number of rotatable bonds is 5. The molecule has 4 nitrogen and oxygen atoms in total. The van der Waals surface area contributed by atoms with E-state index in [1.54, 1.807) is 7.11 Å². The lowest BCUT2D eigenvalue weighted by atomic mass is 10.1. The molecule has 0 radical (unpaired) electrons. The Kier molecular flexibility index (Phi) is 4.13. The SMILES string of the molecule is COc1ccccc1NCC(=O)c1cc(C)n(C)c1C. The van der Waals surface area contributed by atoms with Crippen LogP contribution in [0.1, 0.15) is 21.7 Å². The van der Waals surface area contributed by atoms with Gasteiger partial charge in [0, 0.05) is 24.0 Å². The average molecular weight is 272 g/mol. The zero-order valence-corrected chi connectivity index (χ0v) is 12.4. The molecule has 0 aliphatic carbocycles. The normalized spacial score (nSPS) is 10.4. The lowest BCUT2D eigenvalue weighted by molar-refractivity contribution is 0.101. The first kappa shape index (κ1) is 14.2. The van der Waals surface area contributed by atoms with Crippen molar-refractivity contribution in [3.05, 3.63) is 47.3 Å². The number of carbonyl (C=O) groups is 1. The van der Waals surface area contributed by atoms with Crippen LogP contribution in [0.2, 0.25) is 0 Å². The molecule has 0 saturated carbocycles. The monoisotopic (exact) mass is 272 g/mol. The molecule has 0 saturated heterocycles. The highest BCUT2D eigenvalue weighted by Gasteiger charge is 2.14. The van der Waals surface area contributed by atoms with Gasteiger partial charge in [0.25, 0.3) is 0 Å². The van der Waals surface area contributed by atoms with Gasteiger partial charge < -0.3 is 14.6 Å². The van der Waals surface area contributed by atoms with E-state index in [9.17, 15) is 4.79 Å². The van der Waals surface area contributed by atoms with Gasteiger partial charge in [0.15, 0.2) is 5.78 Å². The van der Waals surface area contributed by atoms with Crippen molar-refractivity contribution in [1.82, 2.24) is 4.57 Å². The number of carbonyl (C=O) groups excluding carboxylic acids is 1. The van der Waals surface area contributed by atoms with E-state index in [1.165, 1.54) is 0 Å². The number of Topliss-reactive ketones (excluding diaryl/α,β-unsaturated/α-hetero) is 1. The van der Waals surface area contributed by atoms with Crippen molar-refractivity contribution in [2.45, 2.75) is 13.8 Å². The van der Waals surface area contributed by atoms with E-state index in [2.05, 4.69) is 5.32 Å². The molecule has 4 heteroatoms. The number of benzene rings is 1. The van der Waals surface area contributed by atoms with Gasteiger partial charge in [-0.15, -0.1) is 0 Å². The summed E-state index contributed by atoms with van der Waals surface area (Å²) in [5.41, 5.74) is 3.68.